The van der Waals surface area contributed by atoms with Gasteiger partial charge < -0.3 is 9.16 Å². The van der Waals surface area contributed by atoms with E-state index in [0.717, 1.165) is 18.1 Å². The SMILES string of the molecule is COc1ccc2c(c1)CC[C@@H]1[C@@H]2CC[C@@]2(C)[C@H]1CC[C@]2(C#C[Si](C)(C)C)O[Si](C)(C)C. The van der Waals surface area contributed by atoms with Crippen LogP contribution in [0, 0.1) is 28.7 Å². The molecule has 31 heavy (non-hydrogen) atoms. The maximum atomic E-state index is 7.10. The van der Waals surface area contributed by atoms with Crippen LogP contribution in [0.2, 0.25) is 39.3 Å². The fourth-order valence-electron chi connectivity index (χ4n) is 6.89. The van der Waals surface area contributed by atoms with Crippen LogP contribution < -0.4 is 4.74 Å². The van der Waals surface area contributed by atoms with Crippen molar-refractivity contribution in [2.24, 2.45) is 17.3 Å². The van der Waals surface area contributed by atoms with Crippen molar-refractivity contribution < 1.29 is 9.16 Å². The van der Waals surface area contributed by atoms with Gasteiger partial charge in [0.25, 0.3) is 0 Å². The van der Waals surface area contributed by atoms with Crippen LogP contribution in [0.25, 0.3) is 0 Å². The first-order valence-electron chi connectivity index (χ1n) is 12.3. The van der Waals surface area contributed by atoms with E-state index in [2.05, 4.69) is 75.9 Å². The van der Waals surface area contributed by atoms with E-state index >= 15 is 0 Å². The monoisotopic (exact) mass is 454 g/mol. The fourth-order valence-corrected chi connectivity index (χ4v) is 8.90. The maximum Gasteiger partial charge on any atom is 0.185 e. The second kappa shape index (κ2) is 7.78. The Morgan fingerprint density at radius 1 is 1.00 bits per heavy atom. The highest BCUT2D eigenvalue weighted by Gasteiger charge is 2.63. The van der Waals surface area contributed by atoms with Crippen molar-refractivity contribution in [2.45, 2.75) is 96.2 Å². The fraction of sp³-hybridized carbons (Fsp3) is 0.704. The van der Waals surface area contributed by atoms with Gasteiger partial charge in [-0.3, -0.25) is 0 Å². The van der Waals surface area contributed by atoms with Crippen molar-refractivity contribution in [1.29, 1.82) is 0 Å². The summed E-state index contributed by atoms with van der Waals surface area (Å²) in [5.74, 6) is 7.05. The van der Waals surface area contributed by atoms with Gasteiger partial charge in [0, 0.05) is 5.41 Å². The number of fused-ring (bicyclic) bond motifs is 5. The van der Waals surface area contributed by atoms with Gasteiger partial charge in [-0.25, -0.2) is 0 Å². The summed E-state index contributed by atoms with van der Waals surface area (Å²) in [5, 5.41) is 0. The van der Waals surface area contributed by atoms with Gasteiger partial charge >= 0.3 is 0 Å². The number of ether oxygens (including phenoxy) is 1. The molecule has 2 fully saturated rings. The Morgan fingerprint density at radius 2 is 1.74 bits per heavy atom. The molecule has 0 N–H and O–H groups in total. The Kier molecular flexibility index (Phi) is 5.81. The summed E-state index contributed by atoms with van der Waals surface area (Å²) >= 11 is 0. The number of benzene rings is 1. The van der Waals surface area contributed by atoms with E-state index in [4.69, 9.17) is 9.16 Å². The van der Waals surface area contributed by atoms with Gasteiger partial charge in [-0.15, -0.1) is 5.54 Å². The molecule has 4 rings (SSSR count). The topological polar surface area (TPSA) is 18.5 Å². The third kappa shape index (κ3) is 4.18. The van der Waals surface area contributed by atoms with Crippen LogP contribution in [0.4, 0.5) is 0 Å². The van der Waals surface area contributed by atoms with Gasteiger partial charge in [-0.1, -0.05) is 38.6 Å². The largest absolute Gasteiger partial charge is 0.497 e. The molecule has 0 bridgehead atoms. The zero-order chi connectivity index (χ0) is 22.7. The highest BCUT2D eigenvalue weighted by molar-refractivity contribution is 6.83. The molecule has 0 saturated heterocycles. The number of hydrogen-bond donors (Lipinski definition) is 0. The predicted molar refractivity (Wildman–Crippen MR) is 136 cm³/mol. The molecule has 4 heteroatoms. The first kappa shape index (κ1) is 23.1. The number of hydrogen-bond acceptors (Lipinski definition) is 2. The summed E-state index contributed by atoms with van der Waals surface area (Å²) in [6.07, 6.45) is 7.37. The highest BCUT2D eigenvalue weighted by atomic mass is 28.4. The molecule has 0 aromatic heterocycles. The first-order chi connectivity index (χ1) is 14.4. The summed E-state index contributed by atoms with van der Waals surface area (Å²) in [5.41, 5.74) is 6.80. The molecule has 3 aliphatic carbocycles. The van der Waals surface area contributed by atoms with E-state index in [0.29, 0.717) is 11.8 Å². The Bertz CT molecular complexity index is 901. The molecule has 0 radical (unpaired) electrons. The lowest BCUT2D eigenvalue weighted by atomic mass is 9.53. The summed E-state index contributed by atoms with van der Waals surface area (Å²) in [4.78, 5) is 0. The third-order valence-electron chi connectivity index (χ3n) is 8.17. The second-order valence-corrected chi connectivity index (χ2v) is 21.7. The van der Waals surface area contributed by atoms with Gasteiger partial charge in [0.1, 0.15) is 19.4 Å². The lowest BCUT2D eigenvalue weighted by Crippen LogP contribution is -2.55. The maximum absolute atomic E-state index is 7.10. The molecule has 2 saturated carbocycles. The molecule has 0 amide bonds. The number of aryl methyl sites for hydroxylation is 1. The molecule has 1 aromatic rings. The van der Waals surface area contributed by atoms with E-state index in [1.807, 2.05) is 0 Å². The molecule has 170 valence electrons. The van der Waals surface area contributed by atoms with E-state index in [-0.39, 0.29) is 11.0 Å². The predicted octanol–water partition coefficient (Wildman–Crippen LogP) is 7.02. The van der Waals surface area contributed by atoms with Crippen molar-refractivity contribution in [1.82, 2.24) is 0 Å². The van der Waals surface area contributed by atoms with Gasteiger partial charge in [0.2, 0.25) is 0 Å². The van der Waals surface area contributed by atoms with Crippen LogP contribution in [-0.2, 0) is 10.8 Å². The van der Waals surface area contributed by atoms with Crippen LogP contribution in [0.15, 0.2) is 18.2 Å². The number of methoxy groups -OCH3 is 1. The van der Waals surface area contributed by atoms with Crippen LogP contribution in [0.3, 0.4) is 0 Å². The normalized spacial score (nSPS) is 34.8. The molecule has 0 spiro atoms. The molecule has 3 aliphatic rings. The first-order valence-corrected chi connectivity index (χ1v) is 19.2. The summed E-state index contributed by atoms with van der Waals surface area (Å²) in [7, 11) is -1.42. The molecule has 2 nitrogen and oxygen atoms in total. The van der Waals surface area contributed by atoms with Gasteiger partial charge in [0.05, 0.1) is 7.11 Å². The Morgan fingerprint density at radius 3 is 2.39 bits per heavy atom. The van der Waals surface area contributed by atoms with Gasteiger partial charge in [-0.05, 0) is 99.2 Å². The average molecular weight is 455 g/mol. The number of rotatable bonds is 3. The third-order valence-corrected chi connectivity index (χ3v) is 10.0. The Labute approximate surface area is 192 Å². The molecule has 0 unspecified atom stereocenters. The van der Waals surface area contributed by atoms with Crippen LogP contribution >= 0.6 is 0 Å². The quantitative estimate of drug-likeness (QED) is 0.361. The van der Waals surface area contributed by atoms with E-state index in [1.54, 1.807) is 12.7 Å². The van der Waals surface area contributed by atoms with Crippen molar-refractivity contribution >= 4 is 16.4 Å². The van der Waals surface area contributed by atoms with E-state index < -0.39 is 16.4 Å². The molecule has 0 heterocycles. The second-order valence-electron chi connectivity index (χ2n) is 12.5. The minimum Gasteiger partial charge on any atom is -0.497 e. The molecule has 5 atom stereocenters. The van der Waals surface area contributed by atoms with E-state index in [1.165, 1.54) is 37.7 Å². The van der Waals surface area contributed by atoms with Crippen LogP contribution in [0.1, 0.15) is 56.1 Å². The van der Waals surface area contributed by atoms with E-state index in [9.17, 15) is 0 Å². The Balaban J connectivity index is 1.71. The van der Waals surface area contributed by atoms with Crippen molar-refractivity contribution in [3.63, 3.8) is 0 Å². The van der Waals surface area contributed by atoms with Gasteiger partial charge in [0.15, 0.2) is 8.32 Å². The lowest BCUT2D eigenvalue weighted by Gasteiger charge is -2.54. The average Bonchev–Trinajstić information content (AvgIpc) is 2.96. The summed E-state index contributed by atoms with van der Waals surface area (Å²) in [6, 6.07) is 6.81. The van der Waals surface area contributed by atoms with Gasteiger partial charge in [-0.2, -0.15) is 0 Å². The standard InChI is InChI=1S/C27H42O2Si2/c1-26-15-13-23-22-12-10-21(28-2)19-20(22)9-11-24(23)25(26)14-16-27(26,29-31(6,7)8)17-18-30(3,4)5/h10,12,19,23-25H,9,11,13-16H2,1-8H3/t23-,24-,25+,26+,27-/m1/s1. The molecule has 0 aliphatic heterocycles. The van der Waals surface area contributed by atoms with Crippen LogP contribution in [-0.4, -0.2) is 29.1 Å². The van der Waals surface area contributed by atoms with Crippen LogP contribution in [0.5, 0.6) is 5.75 Å². The minimum atomic E-state index is -1.73. The Hall–Kier alpha value is -1.03. The molecular formula is C27H42O2Si2. The minimum absolute atomic E-state index is 0.172. The van der Waals surface area contributed by atoms with Crippen molar-refractivity contribution in [3.8, 4) is 17.2 Å². The zero-order valence-corrected chi connectivity index (χ0v) is 23.0. The van der Waals surface area contributed by atoms with Crippen molar-refractivity contribution in [3.05, 3.63) is 29.3 Å². The zero-order valence-electron chi connectivity index (χ0n) is 21.0. The van der Waals surface area contributed by atoms with Crippen molar-refractivity contribution in [2.75, 3.05) is 7.11 Å². The smallest absolute Gasteiger partial charge is 0.185 e. The lowest BCUT2D eigenvalue weighted by molar-refractivity contribution is -0.0538. The summed E-state index contributed by atoms with van der Waals surface area (Å²) in [6.45, 7) is 16.7. The highest BCUT2D eigenvalue weighted by Crippen LogP contribution is 2.65. The molecular weight excluding hydrogens is 412 g/mol. The summed E-state index contributed by atoms with van der Waals surface area (Å²) < 4.78 is 12.6. The molecule has 1 aromatic carbocycles.